The van der Waals surface area contributed by atoms with Crippen LogP contribution in [0.15, 0.2) is 51.6 Å². The molecule has 1 aliphatic rings. The molecule has 144 valence electrons. The van der Waals surface area contributed by atoms with Gasteiger partial charge >= 0.3 is 0 Å². The van der Waals surface area contributed by atoms with Crippen molar-refractivity contribution in [2.75, 3.05) is 5.32 Å². The number of thioether (sulfide) groups is 1. The van der Waals surface area contributed by atoms with Gasteiger partial charge in [0.25, 0.3) is 5.91 Å². The first-order chi connectivity index (χ1) is 13.6. The number of hydrogen-bond donors (Lipinski definition) is 2. The van der Waals surface area contributed by atoms with Gasteiger partial charge in [-0.15, -0.1) is 0 Å². The van der Waals surface area contributed by atoms with Gasteiger partial charge in [0.05, 0.1) is 18.5 Å². The Balaban J connectivity index is 1.49. The summed E-state index contributed by atoms with van der Waals surface area (Å²) in [5.41, 5.74) is 2.43. The second-order valence-electron chi connectivity index (χ2n) is 6.24. The van der Waals surface area contributed by atoms with Crippen LogP contribution in [-0.2, 0) is 29.4 Å². The molecule has 2 aromatic heterocycles. The van der Waals surface area contributed by atoms with Crippen molar-refractivity contribution < 1.29 is 14.0 Å². The molecule has 2 N–H and O–H groups in total. The average Bonchev–Trinajstić information content (AvgIpc) is 3.41. The van der Waals surface area contributed by atoms with Crippen molar-refractivity contribution in [3.63, 3.8) is 0 Å². The van der Waals surface area contributed by atoms with Crippen molar-refractivity contribution in [3.05, 3.63) is 69.7 Å². The summed E-state index contributed by atoms with van der Waals surface area (Å²) in [6.07, 6.45) is 1.56. The summed E-state index contributed by atoms with van der Waals surface area (Å²) in [7, 11) is 0. The number of hydrogen-bond acceptors (Lipinski definition) is 5. The van der Waals surface area contributed by atoms with E-state index in [0.29, 0.717) is 23.7 Å². The van der Waals surface area contributed by atoms with Crippen molar-refractivity contribution in [1.29, 1.82) is 0 Å². The number of benzene rings is 1. The summed E-state index contributed by atoms with van der Waals surface area (Å²) < 4.78 is 7.69. The molecular weight excluding hydrogens is 444 g/mol. The Morgan fingerprint density at radius 2 is 2.04 bits per heavy atom. The first-order valence-corrected chi connectivity index (χ1v) is 10.6. The van der Waals surface area contributed by atoms with E-state index in [1.54, 1.807) is 47.0 Å². The summed E-state index contributed by atoms with van der Waals surface area (Å²) in [4.78, 5) is 25.0. The highest BCUT2D eigenvalue weighted by Crippen LogP contribution is 2.34. The van der Waals surface area contributed by atoms with Gasteiger partial charge in [-0.1, -0.05) is 15.9 Å². The molecule has 3 aromatic rings. The van der Waals surface area contributed by atoms with Gasteiger partial charge in [-0.3, -0.25) is 9.59 Å². The van der Waals surface area contributed by atoms with Gasteiger partial charge in [0.15, 0.2) is 0 Å². The number of aromatic nitrogens is 2. The molecule has 28 heavy (non-hydrogen) atoms. The van der Waals surface area contributed by atoms with E-state index in [2.05, 4.69) is 31.7 Å². The molecule has 7 nitrogen and oxygen atoms in total. The van der Waals surface area contributed by atoms with Gasteiger partial charge < -0.3 is 15.1 Å². The van der Waals surface area contributed by atoms with Crippen molar-refractivity contribution in [2.45, 2.75) is 24.6 Å². The second-order valence-corrected chi connectivity index (χ2v) is 8.14. The molecule has 2 amide bonds. The fourth-order valence-corrected chi connectivity index (χ4v) is 4.19. The van der Waals surface area contributed by atoms with Crippen LogP contribution in [0.4, 0.5) is 5.82 Å². The standard InChI is InChI=1S/C19H17BrN4O3S/c20-13-5-3-12(4-6-13)19(26)22-18-15-10-28-11-16(15)23-24(18)9-17(25)21-8-14-2-1-7-27-14/h1-7H,8-11H2,(H,21,25)(H,22,26). The monoisotopic (exact) mass is 460 g/mol. The van der Waals surface area contributed by atoms with E-state index in [-0.39, 0.29) is 18.4 Å². The number of nitrogens with one attached hydrogen (secondary N) is 2. The van der Waals surface area contributed by atoms with Crippen LogP contribution in [0.25, 0.3) is 0 Å². The minimum atomic E-state index is -0.232. The third-order valence-corrected chi connectivity index (χ3v) is 5.79. The molecule has 0 atom stereocenters. The van der Waals surface area contributed by atoms with E-state index < -0.39 is 0 Å². The van der Waals surface area contributed by atoms with Crippen molar-refractivity contribution in [1.82, 2.24) is 15.1 Å². The summed E-state index contributed by atoms with van der Waals surface area (Å²) in [5.74, 6) is 2.36. The lowest BCUT2D eigenvalue weighted by Crippen LogP contribution is -2.28. The zero-order chi connectivity index (χ0) is 19.5. The number of nitrogens with zero attached hydrogens (tertiary/aromatic N) is 2. The molecule has 0 bridgehead atoms. The maximum Gasteiger partial charge on any atom is 0.256 e. The topological polar surface area (TPSA) is 89.2 Å². The number of anilines is 1. The summed E-state index contributed by atoms with van der Waals surface area (Å²) in [6, 6.07) is 10.7. The maximum atomic E-state index is 12.7. The van der Waals surface area contributed by atoms with Crippen LogP contribution in [-0.4, -0.2) is 21.6 Å². The second kappa shape index (κ2) is 8.24. The van der Waals surface area contributed by atoms with Crippen LogP contribution < -0.4 is 10.6 Å². The highest BCUT2D eigenvalue weighted by molar-refractivity contribution is 9.10. The van der Waals surface area contributed by atoms with Gasteiger partial charge in [0, 0.05) is 27.1 Å². The van der Waals surface area contributed by atoms with E-state index in [0.717, 1.165) is 27.2 Å². The van der Waals surface area contributed by atoms with Gasteiger partial charge in [0.1, 0.15) is 18.1 Å². The van der Waals surface area contributed by atoms with Crippen molar-refractivity contribution in [3.8, 4) is 0 Å². The fourth-order valence-electron chi connectivity index (χ4n) is 2.89. The van der Waals surface area contributed by atoms with Crippen LogP contribution in [0.1, 0.15) is 27.4 Å². The first kappa shape index (κ1) is 18.8. The SMILES string of the molecule is O=C(Cn1nc2c(c1NC(=O)c1ccc(Br)cc1)CSC2)NCc1ccco1. The Morgan fingerprint density at radius 1 is 1.21 bits per heavy atom. The Hall–Kier alpha value is -2.52. The number of halogens is 1. The predicted octanol–water partition coefficient (Wildman–Crippen LogP) is 3.55. The molecule has 0 radical (unpaired) electrons. The number of rotatable bonds is 6. The van der Waals surface area contributed by atoms with Gasteiger partial charge in [-0.25, -0.2) is 4.68 Å². The lowest BCUT2D eigenvalue weighted by molar-refractivity contribution is -0.122. The summed E-state index contributed by atoms with van der Waals surface area (Å²) in [5, 5.41) is 10.3. The maximum absolute atomic E-state index is 12.7. The molecule has 0 aliphatic carbocycles. The first-order valence-electron chi connectivity index (χ1n) is 8.62. The average molecular weight is 461 g/mol. The lowest BCUT2D eigenvalue weighted by atomic mass is 10.2. The van der Waals surface area contributed by atoms with Crippen molar-refractivity contribution >= 4 is 45.3 Å². The van der Waals surface area contributed by atoms with Crippen LogP contribution in [0.3, 0.4) is 0 Å². The quantitative estimate of drug-likeness (QED) is 0.586. The van der Waals surface area contributed by atoms with E-state index in [1.165, 1.54) is 0 Å². The zero-order valence-corrected chi connectivity index (χ0v) is 17.2. The van der Waals surface area contributed by atoms with E-state index in [4.69, 9.17) is 4.42 Å². The molecule has 0 unspecified atom stereocenters. The molecule has 9 heteroatoms. The fraction of sp³-hybridized carbons (Fsp3) is 0.211. The zero-order valence-electron chi connectivity index (χ0n) is 14.8. The Labute approximate surface area is 174 Å². The smallest absolute Gasteiger partial charge is 0.256 e. The molecule has 1 aromatic carbocycles. The van der Waals surface area contributed by atoms with Crippen LogP contribution >= 0.6 is 27.7 Å². The number of carbonyl (C=O) groups is 2. The molecule has 0 fully saturated rings. The number of carbonyl (C=O) groups excluding carboxylic acids is 2. The molecule has 0 saturated heterocycles. The van der Waals surface area contributed by atoms with E-state index in [1.807, 2.05) is 12.1 Å². The Kier molecular flexibility index (Phi) is 5.54. The molecule has 1 aliphatic heterocycles. The minimum absolute atomic E-state index is 0.0221. The summed E-state index contributed by atoms with van der Waals surface area (Å²) >= 11 is 5.10. The van der Waals surface area contributed by atoms with Crippen molar-refractivity contribution in [2.24, 2.45) is 0 Å². The minimum Gasteiger partial charge on any atom is -0.467 e. The highest BCUT2D eigenvalue weighted by Gasteiger charge is 2.25. The molecule has 3 heterocycles. The number of fused-ring (bicyclic) bond motifs is 1. The Morgan fingerprint density at radius 3 is 2.79 bits per heavy atom. The van der Waals surface area contributed by atoms with E-state index in [9.17, 15) is 9.59 Å². The van der Waals surface area contributed by atoms with E-state index >= 15 is 0 Å². The van der Waals surface area contributed by atoms with Crippen LogP contribution in [0.2, 0.25) is 0 Å². The predicted molar refractivity (Wildman–Crippen MR) is 110 cm³/mol. The molecular formula is C19H17BrN4O3S. The summed E-state index contributed by atoms with van der Waals surface area (Å²) in [6.45, 7) is 0.331. The number of amides is 2. The van der Waals surface area contributed by atoms with Gasteiger partial charge in [-0.05, 0) is 36.4 Å². The lowest BCUT2D eigenvalue weighted by Gasteiger charge is -2.11. The van der Waals surface area contributed by atoms with Crippen LogP contribution in [0, 0.1) is 0 Å². The molecule has 4 rings (SSSR count). The largest absolute Gasteiger partial charge is 0.467 e. The number of furan rings is 1. The van der Waals surface area contributed by atoms with Gasteiger partial charge in [-0.2, -0.15) is 16.9 Å². The Bertz CT molecular complexity index is 999. The third kappa shape index (κ3) is 4.15. The van der Waals surface area contributed by atoms with Crippen LogP contribution in [0.5, 0.6) is 0 Å². The third-order valence-electron chi connectivity index (χ3n) is 4.29. The molecule has 0 spiro atoms. The molecule has 0 saturated carbocycles. The highest BCUT2D eigenvalue weighted by atomic mass is 79.9. The van der Waals surface area contributed by atoms with Gasteiger partial charge in [0.2, 0.25) is 5.91 Å². The normalized spacial score (nSPS) is 12.6.